The van der Waals surface area contributed by atoms with Gasteiger partial charge >= 0.3 is 6.03 Å². The minimum atomic E-state index is -0.0461. The summed E-state index contributed by atoms with van der Waals surface area (Å²) < 4.78 is 0. The number of anilines is 1. The lowest BCUT2D eigenvalue weighted by molar-refractivity contribution is 0.101. The molecule has 0 spiro atoms. The number of rotatable bonds is 4. The molecule has 24 heavy (non-hydrogen) atoms. The van der Waals surface area contributed by atoms with Crippen LogP contribution in [0.5, 0.6) is 0 Å². The number of likely N-dealkylation sites (tertiary alicyclic amines) is 2. The van der Waals surface area contributed by atoms with Gasteiger partial charge < -0.3 is 15.1 Å². The van der Waals surface area contributed by atoms with Crippen LogP contribution < -0.4 is 5.32 Å². The molecule has 0 saturated carbocycles. The topological polar surface area (TPSA) is 52.7 Å². The van der Waals surface area contributed by atoms with Crippen LogP contribution in [0, 0.1) is 0 Å². The molecule has 3 rings (SSSR count). The Labute approximate surface area is 144 Å². The maximum atomic E-state index is 12.7. The van der Waals surface area contributed by atoms with Crippen LogP contribution in [-0.4, -0.2) is 53.8 Å². The molecular weight excluding hydrogens is 302 g/mol. The number of carbonyl (C=O) groups is 2. The summed E-state index contributed by atoms with van der Waals surface area (Å²) in [6.07, 6.45) is 6.03. The lowest BCUT2D eigenvalue weighted by Gasteiger charge is -2.33. The van der Waals surface area contributed by atoms with Crippen molar-refractivity contribution in [2.75, 3.05) is 31.5 Å². The molecule has 2 aliphatic rings. The zero-order valence-electron chi connectivity index (χ0n) is 14.5. The van der Waals surface area contributed by atoms with Crippen LogP contribution in [0.15, 0.2) is 24.3 Å². The minimum absolute atomic E-state index is 0.00949. The van der Waals surface area contributed by atoms with E-state index < -0.39 is 0 Å². The van der Waals surface area contributed by atoms with Gasteiger partial charge in [0, 0.05) is 30.4 Å². The molecule has 1 N–H and O–H groups in total. The number of nitrogens with zero attached hydrogens (tertiary/aromatic N) is 2. The van der Waals surface area contributed by atoms with E-state index in [1.54, 1.807) is 12.1 Å². The van der Waals surface area contributed by atoms with Gasteiger partial charge in [-0.25, -0.2) is 4.79 Å². The normalized spacial score (nSPS) is 21.7. The van der Waals surface area contributed by atoms with Gasteiger partial charge in [-0.1, -0.05) is 18.6 Å². The number of ketones is 1. The zero-order valence-corrected chi connectivity index (χ0v) is 14.5. The van der Waals surface area contributed by atoms with E-state index in [1.165, 1.54) is 26.2 Å². The first kappa shape index (κ1) is 17.0. The van der Waals surface area contributed by atoms with Crippen LogP contribution in [-0.2, 0) is 0 Å². The number of hydrogen-bond donors (Lipinski definition) is 1. The van der Waals surface area contributed by atoms with Crippen molar-refractivity contribution in [2.24, 2.45) is 0 Å². The van der Waals surface area contributed by atoms with Gasteiger partial charge in [-0.15, -0.1) is 0 Å². The van der Waals surface area contributed by atoms with E-state index in [2.05, 4.69) is 10.2 Å². The Kier molecular flexibility index (Phi) is 5.51. The van der Waals surface area contributed by atoms with E-state index in [9.17, 15) is 9.59 Å². The average molecular weight is 329 g/mol. The molecule has 2 heterocycles. The van der Waals surface area contributed by atoms with E-state index in [0.717, 1.165) is 39.0 Å². The Balaban J connectivity index is 1.60. The molecule has 2 fully saturated rings. The third-order valence-corrected chi connectivity index (χ3v) is 5.08. The summed E-state index contributed by atoms with van der Waals surface area (Å²) in [6.45, 7) is 5.66. The van der Waals surface area contributed by atoms with Gasteiger partial charge in [0.05, 0.1) is 0 Å². The van der Waals surface area contributed by atoms with Crippen molar-refractivity contribution >= 4 is 17.5 Å². The van der Waals surface area contributed by atoms with E-state index in [-0.39, 0.29) is 11.8 Å². The SMILES string of the molecule is CC(=O)c1cccc(NC(=O)N2CCC[C@H]2CN2CCCCC2)c1. The van der Waals surface area contributed by atoms with Gasteiger partial charge in [-0.2, -0.15) is 0 Å². The smallest absolute Gasteiger partial charge is 0.320 e. The van der Waals surface area contributed by atoms with Gasteiger partial charge in [0.15, 0.2) is 5.78 Å². The van der Waals surface area contributed by atoms with Crippen molar-refractivity contribution in [1.29, 1.82) is 0 Å². The summed E-state index contributed by atoms with van der Waals surface area (Å²) in [5, 5.41) is 2.96. The number of Topliss-reactive ketones (excluding diaryl/α,β-unsaturated/α-hetero) is 1. The number of carbonyl (C=O) groups excluding carboxylic acids is 2. The fourth-order valence-electron chi connectivity index (χ4n) is 3.74. The summed E-state index contributed by atoms with van der Waals surface area (Å²) in [5.74, 6) is 0.00949. The maximum Gasteiger partial charge on any atom is 0.322 e. The van der Waals surface area contributed by atoms with Crippen LogP contribution in [0.25, 0.3) is 0 Å². The predicted octanol–water partition coefficient (Wildman–Crippen LogP) is 3.37. The molecule has 2 amide bonds. The highest BCUT2D eigenvalue weighted by Crippen LogP contribution is 2.22. The van der Waals surface area contributed by atoms with E-state index in [0.29, 0.717) is 17.3 Å². The lowest BCUT2D eigenvalue weighted by Crippen LogP contribution is -2.46. The second-order valence-electron chi connectivity index (χ2n) is 6.92. The second-order valence-corrected chi connectivity index (χ2v) is 6.92. The van der Waals surface area contributed by atoms with Gasteiger partial charge in [-0.05, 0) is 57.8 Å². The molecule has 1 atom stereocenters. The largest absolute Gasteiger partial charge is 0.322 e. The molecule has 5 heteroatoms. The Morgan fingerprint density at radius 2 is 1.92 bits per heavy atom. The first-order valence-corrected chi connectivity index (χ1v) is 9.04. The number of piperidine rings is 1. The molecule has 2 aliphatic heterocycles. The van der Waals surface area contributed by atoms with Crippen LogP contribution in [0.2, 0.25) is 0 Å². The van der Waals surface area contributed by atoms with E-state index in [1.807, 2.05) is 17.0 Å². The highest BCUT2D eigenvalue weighted by molar-refractivity contribution is 5.96. The summed E-state index contributed by atoms with van der Waals surface area (Å²) in [6, 6.07) is 7.42. The number of hydrogen-bond acceptors (Lipinski definition) is 3. The van der Waals surface area contributed by atoms with Crippen molar-refractivity contribution < 1.29 is 9.59 Å². The quantitative estimate of drug-likeness (QED) is 0.862. The summed E-state index contributed by atoms with van der Waals surface area (Å²) in [5.41, 5.74) is 1.32. The fraction of sp³-hybridized carbons (Fsp3) is 0.579. The standard InChI is InChI=1S/C19H27N3O2/c1-15(23)16-7-5-8-17(13-16)20-19(24)22-12-6-9-18(22)14-21-10-3-2-4-11-21/h5,7-8,13,18H,2-4,6,9-12,14H2,1H3,(H,20,24)/t18-/m0/s1. The summed E-state index contributed by atoms with van der Waals surface area (Å²) >= 11 is 0. The Hall–Kier alpha value is -1.88. The highest BCUT2D eigenvalue weighted by atomic mass is 16.2. The maximum absolute atomic E-state index is 12.7. The Morgan fingerprint density at radius 3 is 2.67 bits per heavy atom. The number of nitrogens with one attached hydrogen (secondary N) is 1. The van der Waals surface area contributed by atoms with Gasteiger partial charge in [-0.3, -0.25) is 4.79 Å². The number of amides is 2. The molecule has 130 valence electrons. The Morgan fingerprint density at radius 1 is 1.12 bits per heavy atom. The van der Waals surface area contributed by atoms with Crippen molar-refractivity contribution in [3.05, 3.63) is 29.8 Å². The molecule has 0 aromatic heterocycles. The number of urea groups is 1. The third kappa shape index (κ3) is 4.15. The van der Waals surface area contributed by atoms with Crippen LogP contribution in [0.1, 0.15) is 49.4 Å². The van der Waals surface area contributed by atoms with Crippen LogP contribution in [0.4, 0.5) is 10.5 Å². The zero-order chi connectivity index (χ0) is 16.9. The molecule has 2 saturated heterocycles. The first-order valence-electron chi connectivity index (χ1n) is 9.04. The average Bonchev–Trinajstić information content (AvgIpc) is 3.04. The van der Waals surface area contributed by atoms with E-state index >= 15 is 0 Å². The van der Waals surface area contributed by atoms with Crippen LogP contribution >= 0.6 is 0 Å². The molecule has 5 nitrogen and oxygen atoms in total. The molecule has 0 aliphatic carbocycles. The van der Waals surface area contributed by atoms with Crippen molar-refractivity contribution in [2.45, 2.75) is 45.1 Å². The van der Waals surface area contributed by atoms with Gasteiger partial charge in [0.2, 0.25) is 0 Å². The van der Waals surface area contributed by atoms with E-state index in [4.69, 9.17) is 0 Å². The van der Waals surface area contributed by atoms with Gasteiger partial charge in [0.25, 0.3) is 0 Å². The van der Waals surface area contributed by atoms with Crippen molar-refractivity contribution in [3.63, 3.8) is 0 Å². The fourth-order valence-corrected chi connectivity index (χ4v) is 3.74. The second kappa shape index (κ2) is 7.79. The molecule has 0 bridgehead atoms. The van der Waals surface area contributed by atoms with Gasteiger partial charge in [0.1, 0.15) is 0 Å². The summed E-state index contributed by atoms with van der Waals surface area (Å²) in [7, 11) is 0. The van der Waals surface area contributed by atoms with Crippen molar-refractivity contribution in [1.82, 2.24) is 9.80 Å². The molecular formula is C19H27N3O2. The third-order valence-electron chi connectivity index (χ3n) is 5.08. The lowest BCUT2D eigenvalue weighted by atomic mass is 10.1. The predicted molar refractivity (Wildman–Crippen MR) is 95.5 cm³/mol. The van der Waals surface area contributed by atoms with Crippen molar-refractivity contribution in [3.8, 4) is 0 Å². The minimum Gasteiger partial charge on any atom is -0.320 e. The number of benzene rings is 1. The molecule has 0 unspecified atom stereocenters. The Bertz CT molecular complexity index is 596. The molecule has 1 aromatic rings. The molecule has 1 aromatic carbocycles. The highest BCUT2D eigenvalue weighted by Gasteiger charge is 2.30. The first-order chi connectivity index (χ1) is 11.6. The van der Waals surface area contributed by atoms with Crippen LogP contribution in [0.3, 0.4) is 0 Å². The monoisotopic (exact) mass is 329 g/mol. The molecule has 0 radical (unpaired) electrons. The summed E-state index contributed by atoms with van der Waals surface area (Å²) in [4.78, 5) is 28.6.